The average molecular weight is 403 g/mol. The number of rotatable bonds is 17. The van der Waals surface area contributed by atoms with Gasteiger partial charge in [0.1, 0.15) is 5.68 Å². The van der Waals surface area contributed by atoms with Crippen molar-refractivity contribution in [1.29, 1.82) is 0 Å². The molecule has 158 valence electrons. The Morgan fingerprint density at radius 2 is 0.857 bits per heavy atom. The molecule has 0 amide bonds. The standard InChI is InChI=1S/C15H26BN3O9/c1-16-11(20)6-18(8-13(23)24)4-2-17(7-12(21)22)3-5-19(9-14(25)26)10-15(27)28/h16H,2-10H2,1H3,(H,21,22)(H,23,24)(H,25,26)(H,27,28). The van der Waals surface area contributed by atoms with Crippen LogP contribution in [0.4, 0.5) is 0 Å². The predicted molar refractivity (Wildman–Crippen MR) is 97.9 cm³/mol. The number of carbonyl (C=O) groups excluding carboxylic acids is 1. The van der Waals surface area contributed by atoms with Gasteiger partial charge in [0.05, 0.1) is 26.2 Å². The Bertz CT molecular complexity index is 557. The molecule has 0 aromatic heterocycles. The average Bonchev–Trinajstić information content (AvgIpc) is 2.54. The molecule has 0 saturated carbocycles. The van der Waals surface area contributed by atoms with Gasteiger partial charge in [0, 0.05) is 32.7 Å². The van der Waals surface area contributed by atoms with Crippen molar-refractivity contribution in [3.05, 3.63) is 0 Å². The van der Waals surface area contributed by atoms with Crippen molar-refractivity contribution in [3.8, 4) is 0 Å². The highest BCUT2D eigenvalue weighted by Gasteiger charge is 2.19. The molecule has 0 aliphatic carbocycles. The van der Waals surface area contributed by atoms with E-state index in [9.17, 15) is 24.0 Å². The first-order valence-corrected chi connectivity index (χ1v) is 8.59. The summed E-state index contributed by atoms with van der Waals surface area (Å²) in [7, 11) is 0.244. The van der Waals surface area contributed by atoms with Crippen molar-refractivity contribution in [3.63, 3.8) is 0 Å². The second-order valence-electron chi connectivity index (χ2n) is 6.16. The van der Waals surface area contributed by atoms with E-state index in [1.54, 1.807) is 6.82 Å². The molecule has 0 fully saturated rings. The highest BCUT2D eigenvalue weighted by Crippen LogP contribution is 1.97. The van der Waals surface area contributed by atoms with Crippen LogP contribution in [0.25, 0.3) is 0 Å². The molecule has 0 rings (SSSR count). The number of aliphatic carboxylic acids is 4. The van der Waals surface area contributed by atoms with Crippen LogP contribution in [-0.2, 0) is 24.0 Å². The number of carbonyl (C=O) groups is 5. The molecule has 0 aromatic carbocycles. The third-order valence-electron chi connectivity index (χ3n) is 3.69. The fourth-order valence-corrected chi connectivity index (χ4v) is 2.39. The molecule has 12 nitrogen and oxygen atoms in total. The van der Waals surface area contributed by atoms with Gasteiger partial charge in [0.25, 0.3) is 0 Å². The van der Waals surface area contributed by atoms with Crippen LogP contribution in [0.15, 0.2) is 0 Å². The zero-order valence-corrected chi connectivity index (χ0v) is 15.7. The van der Waals surface area contributed by atoms with Crippen LogP contribution in [0, 0.1) is 0 Å². The van der Waals surface area contributed by atoms with Crippen LogP contribution in [0.1, 0.15) is 0 Å². The van der Waals surface area contributed by atoms with Gasteiger partial charge in [-0.25, -0.2) is 0 Å². The Kier molecular flexibility index (Phi) is 12.4. The summed E-state index contributed by atoms with van der Waals surface area (Å²) < 4.78 is 0. The summed E-state index contributed by atoms with van der Waals surface area (Å²) in [6, 6.07) is 0. The van der Waals surface area contributed by atoms with E-state index in [0.29, 0.717) is 0 Å². The number of carboxylic acid groups (broad SMARTS) is 4. The summed E-state index contributed by atoms with van der Waals surface area (Å²) in [5.74, 6) is -4.69. The number of nitrogens with zero attached hydrogens (tertiary/aromatic N) is 3. The maximum absolute atomic E-state index is 11.6. The lowest BCUT2D eigenvalue weighted by Gasteiger charge is -2.27. The predicted octanol–water partition coefficient (Wildman–Crippen LogP) is -2.76. The highest BCUT2D eigenvalue weighted by atomic mass is 16.4. The monoisotopic (exact) mass is 403 g/mol. The van der Waals surface area contributed by atoms with Crippen LogP contribution < -0.4 is 0 Å². The first-order chi connectivity index (χ1) is 13.0. The minimum Gasteiger partial charge on any atom is -0.480 e. The SMILES string of the molecule is CBC(=O)CN(CCN(CCN(CC(=O)O)CC(=O)O)CC(=O)O)CC(=O)O. The maximum Gasteiger partial charge on any atom is 0.317 e. The van der Waals surface area contributed by atoms with Gasteiger partial charge in [-0.3, -0.25) is 33.9 Å². The van der Waals surface area contributed by atoms with Crippen LogP contribution in [0.3, 0.4) is 0 Å². The van der Waals surface area contributed by atoms with Gasteiger partial charge in [-0.05, 0) is 0 Å². The molecule has 0 aromatic rings. The van der Waals surface area contributed by atoms with E-state index in [1.165, 1.54) is 9.80 Å². The normalized spacial score (nSPS) is 11.0. The molecule has 0 spiro atoms. The van der Waals surface area contributed by atoms with Crippen LogP contribution in [0.5, 0.6) is 0 Å². The number of carboxylic acids is 4. The number of hydrogen-bond donors (Lipinski definition) is 4. The molecule has 0 heterocycles. The molecule has 13 heteroatoms. The quantitative estimate of drug-likeness (QED) is 0.184. The number of hydrogen-bond acceptors (Lipinski definition) is 8. The van der Waals surface area contributed by atoms with Crippen LogP contribution in [0.2, 0.25) is 6.82 Å². The Balaban J connectivity index is 4.90. The zero-order valence-electron chi connectivity index (χ0n) is 15.7. The molecule has 28 heavy (non-hydrogen) atoms. The van der Waals surface area contributed by atoms with E-state index >= 15 is 0 Å². The fourth-order valence-electron chi connectivity index (χ4n) is 2.39. The third kappa shape index (κ3) is 13.7. The second-order valence-corrected chi connectivity index (χ2v) is 6.16. The molecular formula is C15H26BN3O9. The van der Waals surface area contributed by atoms with Gasteiger partial charge in [-0.15, -0.1) is 0 Å². The molecule has 0 radical (unpaired) electrons. The van der Waals surface area contributed by atoms with E-state index in [2.05, 4.69) is 0 Å². The van der Waals surface area contributed by atoms with Crippen molar-refractivity contribution in [2.45, 2.75) is 6.82 Å². The first-order valence-electron chi connectivity index (χ1n) is 8.59. The lowest BCUT2D eigenvalue weighted by atomic mass is 9.76. The van der Waals surface area contributed by atoms with E-state index in [4.69, 9.17) is 20.4 Å². The molecule has 0 aliphatic rings. The van der Waals surface area contributed by atoms with Crippen LogP contribution in [-0.4, -0.2) is 131 Å². The topological polar surface area (TPSA) is 176 Å². The molecule has 0 saturated heterocycles. The molecule has 0 unspecified atom stereocenters. The van der Waals surface area contributed by atoms with Crippen molar-refractivity contribution in [2.24, 2.45) is 0 Å². The summed E-state index contributed by atoms with van der Waals surface area (Å²) in [4.78, 5) is 59.2. The fraction of sp³-hybridized carbons (Fsp3) is 0.667. The first kappa shape index (κ1) is 25.5. The summed E-state index contributed by atoms with van der Waals surface area (Å²) >= 11 is 0. The smallest absolute Gasteiger partial charge is 0.317 e. The lowest BCUT2D eigenvalue weighted by molar-refractivity contribution is -0.143. The summed E-state index contributed by atoms with van der Waals surface area (Å²) in [5.41, 5.74) is -0.153. The highest BCUT2D eigenvalue weighted by molar-refractivity contribution is 6.73. The van der Waals surface area contributed by atoms with Gasteiger partial charge < -0.3 is 25.2 Å². The van der Waals surface area contributed by atoms with E-state index < -0.39 is 43.5 Å². The molecule has 0 bridgehead atoms. The van der Waals surface area contributed by atoms with Crippen molar-refractivity contribution in [2.75, 3.05) is 58.9 Å². The summed E-state index contributed by atoms with van der Waals surface area (Å²) in [6.07, 6.45) is 0. The Morgan fingerprint density at radius 3 is 1.18 bits per heavy atom. The lowest BCUT2D eigenvalue weighted by Crippen LogP contribution is -2.45. The molecule has 0 atom stereocenters. The van der Waals surface area contributed by atoms with E-state index in [-0.39, 0.29) is 52.2 Å². The van der Waals surface area contributed by atoms with Crippen molar-refractivity contribution < 1.29 is 44.4 Å². The van der Waals surface area contributed by atoms with Gasteiger partial charge in [0.15, 0.2) is 0 Å². The van der Waals surface area contributed by atoms with E-state index in [0.717, 1.165) is 4.90 Å². The summed E-state index contributed by atoms with van der Waals surface area (Å²) in [6.45, 7) is 0.0768. The Hall–Kier alpha value is -2.51. The maximum atomic E-state index is 11.6. The van der Waals surface area contributed by atoms with E-state index in [1.807, 2.05) is 0 Å². The molecule has 0 aliphatic heterocycles. The van der Waals surface area contributed by atoms with Gasteiger partial charge in [0.2, 0.25) is 7.28 Å². The zero-order chi connectivity index (χ0) is 21.7. The molecule has 4 N–H and O–H groups in total. The van der Waals surface area contributed by atoms with Gasteiger partial charge in [-0.2, -0.15) is 0 Å². The van der Waals surface area contributed by atoms with Crippen LogP contribution >= 0.6 is 0 Å². The van der Waals surface area contributed by atoms with Gasteiger partial charge in [-0.1, -0.05) is 6.82 Å². The minimum atomic E-state index is -1.21. The van der Waals surface area contributed by atoms with Crippen molar-refractivity contribution >= 4 is 36.8 Å². The summed E-state index contributed by atoms with van der Waals surface area (Å²) in [5, 5.41) is 35.7. The van der Waals surface area contributed by atoms with Crippen molar-refractivity contribution in [1.82, 2.24) is 14.7 Å². The molecular weight excluding hydrogens is 377 g/mol. The second kappa shape index (κ2) is 13.6. The Labute approximate surface area is 162 Å². The largest absolute Gasteiger partial charge is 0.480 e. The third-order valence-corrected chi connectivity index (χ3v) is 3.69. The van der Waals surface area contributed by atoms with Gasteiger partial charge >= 0.3 is 23.9 Å². The minimum absolute atomic E-state index is 0.00129. The Morgan fingerprint density at radius 1 is 0.571 bits per heavy atom.